The molecule has 0 unspecified atom stereocenters. The van der Waals surface area contributed by atoms with E-state index in [1.165, 1.54) is 7.11 Å². The molecule has 0 saturated heterocycles. The van der Waals surface area contributed by atoms with Crippen molar-refractivity contribution in [2.75, 3.05) is 19.1 Å². The second kappa shape index (κ2) is 8.50. The van der Waals surface area contributed by atoms with Gasteiger partial charge in [-0.25, -0.2) is 10.5 Å². The number of hydrogen-bond donors (Lipinski definition) is 2. The van der Waals surface area contributed by atoms with Gasteiger partial charge in [-0.05, 0) is 30.6 Å². The minimum absolute atomic E-state index is 0.281. The molecule has 1 atom stereocenters. The molecular formula is C16H19N3O3S. The van der Waals surface area contributed by atoms with Crippen molar-refractivity contribution in [3.05, 3.63) is 42.1 Å². The number of fused-ring (bicyclic) bond motifs is 1. The van der Waals surface area contributed by atoms with Crippen LogP contribution in [0, 0.1) is 0 Å². The van der Waals surface area contributed by atoms with E-state index in [2.05, 4.69) is 20.6 Å². The number of benzene rings is 1. The Hall–Kier alpha value is -2.12. The SMILES string of the molecule is CONC(=O)[C@@H](CCSC)NC(=O)c1ccc2ccccc2n1. The van der Waals surface area contributed by atoms with E-state index in [9.17, 15) is 9.59 Å². The van der Waals surface area contributed by atoms with Crippen LogP contribution in [0.25, 0.3) is 10.9 Å². The second-order valence-electron chi connectivity index (χ2n) is 4.87. The summed E-state index contributed by atoms with van der Waals surface area (Å²) in [5.74, 6) is -0.0171. The average Bonchev–Trinajstić information content (AvgIpc) is 2.58. The van der Waals surface area contributed by atoms with Crippen LogP contribution in [0.1, 0.15) is 16.9 Å². The number of hydrogen-bond acceptors (Lipinski definition) is 5. The lowest BCUT2D eigenvalue weighted by molar-refractivity contribution is -0.133. The standard InChI is InChI=1S/C16H19N3O3S/c1-22-19-16(21)14(9-10-23-2)18-15(20)13-8-7-11-5-3-4-6-12(11)17-13/h3-8,14H,9-10H2,1-2H3,(H,18,20)(H,19,21)/t14-/m1/s1. The Morgan fingerprint density at radius 2 is 2.04 bits per heavy atom. The van der Waals surface area contributed by atoms with Crippen molar-refractivity contribution < 1.29 is 14.4 Å². The van der Waals surface area contributed by atoms with Crippen LogP contribution in [0.2, 0.25) is 0 Å². The minimum atomic E-state index is -0.664. The monoisotopic (exact) mass is 333 g/mol. The lowest BCUT2D eigenvalue weighted by Crippen LogP contribution is -2.47. The van der Waals surface area contributed by atoms with Crippen molar-refractivity contribution in [1.82, 2.24) is 15.8 Å². The summed E-state index contributed by atoms with van der Waals surface area (Å²) in [7, 11) is 1.36. The van der Waals surface area contributed by atoms with Gasteiger partial charge in [0.05, 0.1) is 12.6 Å². The smallest absolute Gasteiger partial charge is 0.270 e. The van der Waals surface area contributed by atoms with Crippen LogP contribution in [0.3, 0.4) is 0 Å². The predicted octanol–water partition coefficient (Wildman–Crippen LogP) is 1.76. The topological polar surface area (TPSA) is 80.3 Å². The molecule has 2 N–H and O–H groups in total. The van der Waals surface area contributed by atoms with Gasteiger partial charge in [0.2, 0.25) is 0 Å². The zero-order valence-corrected chi connectivity index (χ0v) is 13.9. The van der Waals surface area contributed by atoms with Crippen molar-refractivity contribution in [3.8, 4) is 0 Å². The van der Waals surface area contributed by atoms with E-state index < -0.39 is 6.04 Å². The van der Waals surface area contributed by atoms with Gasteiger partial charge in [-0.15, -0.1) is 0 Å². The predicted molar refractivity (Wildman–Crippen MR) is 91.1 cm³/mol. The molecule has 0 saturated carbocycles. The number of hydroxylamine groups is 1. The Kier molecular flexibility index (Phi) is 6.37. The van der Waals surface area contributed by atoms with Crippen molar-refractivity contribution in [2.24, 2.45) is 0 Å². The van der Waals surface area contributed by atoms with Crippen molar-refractivity contribution in [3.63, 3.8) is 0 Å². The van der Waals surface area contributed by atoms with Crippen LogP contribution in [0.15, 0.2) is 36.4 Å². The molecule has 2 rings (SSSR count). The van der Waals surface area contributed by atoms with E-state index in [4.69, 9.17) is 0 Å². The lowest BCUT2D eigenvalue weighted by Gasteiger charge is -2.17. The first-order chi connectivity index (χ1) is 11.2. The first-order valence-corrected chi connectivity index (χ1v) is 8.53. The van der Waals surface area contributed by atoms with E-state index in [0.717, 1.165) is 16.7 Å². The van der Waals surface area contributed by atoms with Gasteiger partial charge in [0.25, 0.3) is 11.8 Å². The molecule has 0 fully saturated rings. The fraction of sp³-hybridized carbons (Fsp3) is 0.312. The quantitative estimate of drug-likeness (QED) is 0.755. The number of carbonyl (C=O) groups is 2. The van der Waals surface area contributed by atoms with Gasteiger partial charge in [-0.1, -0.05) is 24.3 Å². The first kappa shape index (κ1) is 17.2. The molecule has 7 heteroatoms. The summed E-state index contributed by atoms with van der Waals surface area (Å²) in [6.45, 7) is 0. The Bertz CT molecular complexity index is 693. The third-order valence-electron chi connectivity index (χ3n) is 3.27. The zero-order valence-electron chi connectivity index (χ0n) is 13.0. The van der Waals surface area contributed by atoms with Crippen molar-refractivity contribution in [1.29, 1.82) is 0 Å². The van der Waals surface area contributed by atoms with E-state index >= 15 is 0 Å². The van der Waals surface area contributed by atoms with Crippen LogP contribution < -0.4 is 10.8 Å². The highest BCUT2D eigenvalue weighted by molar-refractivity contribution is 7.98. The maximum Gasteiger partial charge on any atom is 0.270 e. The van der Waals surface area contributed by atoms with Gasteiger partial charge in [0, 0.05) is 5.39 Å². The molecule has 0 aliphatic rings. The number of nitrogens with zero attached hydrogens (tertiary/aromatic N) is 1. The Morgan fingerprint density at radius 3 is 2.78 bits per heavy atom. The van der Waals surface area contributed by atoms with Crippen LogP contribution in [-0.4, -0.2) is 42.0 Å². The van der Waals surface area contributed by atoms with Crippen molar-refractivity contribution in [2.45, 2.75) is 12.5 Å². The van der Waals surface area contributed by atoms with Crippen LogP contribution >= 0.6 is 11.8 Å². The molecule has 2 aromatic rings. The number of rotatable bonds is 7. The third kappa shape index (κ3) is 4.67. The van der Waals surface area contributed by atoms with Crippen molar-refractivity contribution >= 4 is 34.5 Å². The molecule has 1 aromatic carbocycles. The van der Waals surface area contributed by atoms with E-state index in [0.29, 0.717) is 6.42 Å². The van der Waals surface area contributed by atoms with Gasteiger partial charge in [0.1, 0.15) is 11.7 Å². The third-order valence-corrected chi connectivity index (χ3v) is 3.91. The molecule has 2 amide bonds. The summed E-state index contributed by atoms with van der Waals surface area (Å²) in [5, 5.41) is 3.67. The van der Waals surface area contributed by atoms with Gasteiger partial charge in [0.15, 0.2) is 0 Å². The average molecular weight is 333 g/mol. The molecule has 0 radical (unpaired) electrons. The Morgan fingerprint density at radius 1 is 1.26 bits per heavy atom. The molecule has 1 aromatic heterocycles. The summed E-state index contributed by atoms with van der Waals surface area (Å²) in [6.07, 6.45) is 2.45. The first-order valence-electron chi connectivity index (χ1n) is 7.14. The number of para-hydroxylation sites is 1. The van der Waals surface area contributed by atoms with Gasteiger partial charge in [-0.3, -0.25) is 14.4 Å². The Labute approximate surface area is 139 Å². The maximum atomic E-state index is 12.4. The summed E-state index contributed by atoms with van der Waals surface area (Å²) in [6, 6.07) is 10.4. The highest BCUT2D eigenvalue weighted by Crippen LogP contribution is 2.12. The normalized spacial score (nSPS) is 11.9. The highest BCUT2D eigenvalue weighted by Gasteiger charge is 2.21. The molecule has 0 bridgehead atoms. The van der Waals surface area contributed by atoms with Crippen LogP contribution in [0.5, 0.6) is 0 Å². The van der Waals surface area contributed by atoms with E-state index in [1.807, 2.05) is 36.6 Å². The maximum absolute atomic E-state index is 12.4. The summed E-state index contributed by atoms with van der Waals surface area (Å²) < 4.78 is 0. The van der Waals surface area contributed by atoms with Crippen LogP contribution in [-0.2, 0) is 9.63 Å². The molecule has 0 aliphatic heterocycles. The van der Waals surface area contributed by atoms with E-state index in [-0.39, 0.29) is 17.5 Å². The molecule has 6 nitrogen and oxygen atoms in total. The van der Waals surface area contributed by atoms with Gasteiger partial charge < -0.3 is 5.32 Å². The Balaban J connectivity index is 2.13. The lowest BCUT2D eigenvalue weighted by atomic mass is 10.1. The number of nitrogens with one attached hydrogen (secondary N) is 2. The highest BCUT2D eigenvalue weighted by atomic mass is 32.2. The number of thioether (sulfide) groups is 1. The molecule has 1 heterocycles. The molecular weight excluding hydrogens is 314 g/mol. The van der Waals surface area contributed by atoms with Gasteiger partial charge >= 0.3 is 0 Å². The van der Waals surface area contributed by atoms with E-state index in [1.54, 1.807) is 17.8 Å². The molecule has 122 valence electrons. The fourth-order valence-electron chi connectivity index (χ4n) is 2.10. The number of amides is 2. The summed E-state index contributed by atoms with van der Waals surface area (Å²) in [5.41, 5.74) is 3.28. The number of pyridine rings is 1. The largest absolute Gasteiger partial charge is 0.339 e. The number of aromatic nitrogens is 1. The summed E-state index contributed by atoms with van der Waals surface area (Å²) >= 11 is 1.60. The molecule has 0 spiro atoms. The zero-order chi connectivity index (χ0) is 16.7. The van der Waals surface area contributed by atoms with Gasteiger partial charge in [-0.2, -0.15) is 11.8 Å². The second-order valence-corrected chi connectivity index (χ2v) is 5.85. The molecule has 0 aliphatic carbocycles. The fourth-order valence-corrected chi connectivity index (χ4v) is 2.57. The van der Waals surface area contributed by atoms with Crippen LogP contribution in [0.4, 0.5) is 0 Å². The molecule has 23 heavy (non-hydrogen) atoms. The number of carbonyl (C=O) groups excluding carboxylic acids is 2. The summed E-state index contributed by atoms with van der Waals surface area (Å²) in [4.78, 5) is 33.3. The minimum Gasteiger partial charge on any atom is -0.339 e.